The van der Waals surface area contributed by atoms with Gasteiger partial charge < -0.3 is 5.11 Å². The summed E-state index contributed by atoms with van der Waals surface area (Å²) in [6.07, 6.45) is 7.88. The molecular formula is C10H15NO. The molecule has 0 aromatic heterocycles. The summed E-state index contributed by atoms with van der Waals surface area (Å²) in [4.78, 5) is 0. The summed E-state index contributed by atoms with van der Waals surface area (Å²) >= 11 is 0. The van der Waals surface area contributed by atoms with Gasteiger partial charge in [0.25, 0.3) is 0 Å². The van der Waals surface area contributed by atoms with Crippen LogP contribution in [0.4, 0.5) is 0 Å². The quantitative estimate of drug-likeness (QED) is 0.484. The third-order valence-electron chi connectivity index (χ3n) is 1.56. The fourth-order valence-electron chi connectivity index (χ4n) is 0.879. The van der Waals surface area contributed by atoms with E-state index >= 15 is 0 Å². The molecule has 1 N–H and O–H groups in total. The van der Waals surface area contributed by atoms with Crippen LogP contribution in [0.2, 0.25) is 0 Å². The summed E-state index contributed by atoms with van der Waals surface area (Å²) in [7, 11) is 0. The molecule has 0 heterocycles. The Bertz CT molecular complexity index is 179. The Morgan fingerprint density at radius 3 is 2.67 bits per heavy atom. The summed E-state index contributed by atoms with van der Waals surface area (Å²) in [5.41, 5.74) is 0. The number of nitrogens with zero attached hydrogens (tertiary/aromatic N) is 1. The molecule has 0 aliphatic rings. The largest absolute Gasteiger partial charge is 0.393 e. The van der Waals surface area contributed by atoms with Gasteiger partial charge in [-0.15, -0.1) is 6.58 Å². The predicted octanol–water partition coefficient (Wildman–Crippen LogP) is 2.17. The molecular weight excluding hydrogens is 150 g/mol. The van der Waals surface area contributed by atoms with Gasteiger partial charge in [0.2, 0.25) is 0 Å². The average Bonchev–Trinajstić information content (AvgIpc) is 2.09. The van der Waals surface area contributed by atoms with Crippen molar-refractivity contribution in [1.82, 2.24) is 0 Å². The molecule has 1 atom stereocenters. The minimum atomic E-state index is -0.258. The second-order valence-electron chi connectivity index (χ2n) is 2.63. The van der Waals surface area contributed by atoms with Gasteiger partial charge in [-0.2, -0.15) is 5.26 Å². The van der Waals surface area contributed by atoms with Crippen LogP contribution in [-0.4, -0.2) is 11.2 Å². The molecule has 12 heavy (non-hydrogen) atoms. The van der Waals surface area contributed by atoms with E-state index in [1.807, 2.05) is 6.07 Å². The van der Waals surface area contributed by atoms with E-state index in [1.54, 1.807) is 12.2 Å². The Morgan fingerprint density at radius 2 is 2.08 bits per heavy atom. The zero-order valence-electron chi connectivity index (χ0n) is 7.24. The third-order valence-corrected chi connectivity index (χ3v) is 1.56. The second-order valence-corrected chi connectivity index (χ2v) is 2.63. The van der Waals surface area contributed by atoms with Crippen LogP contribution >= 0.6 is 0 Å². The molecule has 2 nitrogen and oxygen atoms in total. The highest BCUT2D eigenvalue weighted by atomic mass is 16.3. The van der Waals surface area contributed by atoms with Crippen molar-refractivity contribution < 1.29 is 5.11 Å². The zero-order chi connectivity index (χ0) is 9.23. The monoisotopic (exact) mass is 165 g/mol. The Hall–Kier alpha value is -1.07. The molecule has 2 heteroatoms. The number of nitriles is 1. The normalized spacial score (nSPS) is 12.7. The summed E-state index contributed by atoms with van der Waals surface area (Å²) in [5.74, 6) is 0. The van der Waals surface area contributed by atoms with Gasteiger partial charge in [-0.3, -0.25) is 0 Å². The van der Waals surface area contributed by atoms with E-state index in [4.69, 9.17) is 5.26 Å². The molecule has 66 valence electrons. The molecule has 0 fully saturated rings. The van der Waals surface area contributed by atoms with Crippen LogP contribution in [0.15, 0.2) is 24.8 Å². The van der Waals surface area contributed by atoms with E-state index in [2.05, 4.69) is 6.58 Å². The SMILES string of the molecule is C=CCC[C@@H](O)CC/C=C/C#N. The van der Waals surface area contributed by atoms with Crippen molar-refractivity contribution in [2.75, 3.05) is 0 Å². The maximum atomic E-state index is 9.32. The average molecular weight is 165 g/mol. The van der Waals surface area contributed by atoms with Gasteiger partial charge in [0, 0.05) is 6.08 Å². The van der Waals surface area contributed by atoms with E-state index < -0.39 is 0 Å². The standard InChI is InChI=1S/C10H15NO/c1-2-3-7-10(12)8-5-4-6-9-11/h2,4,6,10,12H,1,3,5,7-8H2/b6-4+/t10-/m1/s1. The van der Waals surface area contributed by atoms with Gasteiger partial charge in [0.1, 0.15) is 0 Å². The summed E-state index contributed by atoms with van der Waals surface area (Å²) in [6.45, 7) is 3.57. The highest BCUT2D eigenvalue weighted by Crippen LogP contribution is 2.05. The lowest BCUT2D eigenvalue weighted by atomic mass is 10.1. The lowest BCUT2D eigenvalue weighted by Gasteiger charge is -2.05. The topological polar surface area (TPSA) is 44.0 Å². The van der Waals surface area contributed by atoms with Crippen LogP contribution in [0.5, 0.6) is 0 Å². The fraction of sp³-hybridized carbons (Fsp3) is 0.500. The number of allylic oxidation sites excluding steroid dienone is 3. The van der Waals surface area contributed by atoms with Gasteiger partial charge in [-0.25, -0.2) is 0 Å². The second kappa shape index (κ2) is 8.03. The molecule has 0 bridgehead atoms. The third kappa shape index (κ3) is 7.04. The fourth-order valence-corrected chi connectivity index (χ4v) is 0.879. The maximum absolute atomic E-state index is 9.32. The van der Waals surface area contributed by atoms with Crippen molar-refractivity contribution in [3.63, 3.8) is 0 Å². The summed E-state index contributed by atoms with van der Waals surface area (Å²) in [6, 6.07) is 1.91. The highest BCUT2D eigenvalue weighted by molar-refractivity contribution is 5.01. The number of rotatable bonds is 6. The molecule has 0 saturated carbocycles. The van der Waals surface area contributed by atoms with Gasteiger partial charge in [0.05, 0.1) is 12.2 Å². The maximum Gasteiger partial charge on any atom is 0.0908 e. The van der Waals surface area contributed by atoms with E-state index in [9.17, 15) is 5.11 Å². The van der Waals surface area contributed by atoms with Crippen LogP contribution in [0.1, 0.15) is 25.7 Å². The number of hydrogen-bond donors (Lipinski definition) is 1. The Balaban J connectivity index is 3.31. The van der Waals surface area contributed by atoms with Crippen LogP contribution in [-0.2, 0) is 0 Å². The van der Waals surface area contributed by atoms with Crippen molar-refractivity contribution in [2.45, 2.75) is 31.8 Å². The Morgan fingerprint density at radius 1 is 1.42 bits per heavy atom. The lowest BCUT2D eigenvalue weighted by Crippen LogP contribution is -2.04. The molecule has 0 amide bonds. The molecule has 0 spiro atoms. The molecule has 0 aromatic rings. The molecule has 0 saturated heterocycles. The van der Waals surface area contributed by atoms with Crippen molar-refractivity contribution in [2.24, 2.45) is 0 Å². The van der Waals surface area contributed by atoms with Crippen LogP contribution in [0.25, 0.3) is 0 Å². The molecule has 0 aliphatic heterocycles. The van der Waals surface area contributed by atoms with Crippen molar-refractivity contribution in [3.05, 3.63) is 24.8 Å². The minimum Gasteiger partial charge on any atom is -0.393 e. The van der Waals surface area contributed by atoms with Crippen LogP contribution in [0.3, 0.4) is 0 Å². The molecule has 0 aromatic carbocycles. The Kier molecular flexibility index (Phi) is 7.31. The van der Waals surface area contributed by atoms with Crippen molar-refractivity contribution in [3.8, 4) is 6.07 Å². The van der Waals surface area contributed by atoms with Gasteiger partial charge in [-0.05, 0) is 25.7 Å². The number of hydrogen-bond acceptors (Lipinski definition) is 2. The first kappa shape index (κ1) is 10.9. The Labute approximate surface area is 73.8 Å². The molecule has 0 rings (SSSR count). The highest BCUT2D eigenvalue weighted by Gasteiger charge is 1.99. The van der Waals surface area contributed by atoms with Crippen LogP contribution < -0.4 is 0 Å². The number of aliphatic hydroxyl groups is 1. The minimum absolute atomic E-state index is 0.258. The van der Waals surface area contributed by atoms with Crippen LogP contribution in [0, 0.1) is 11.3 Å². The van der Waals surface area contributed by atoms with E-state index in [-0.39, 0.29) is 6.10 Å². The van der Waals surface area contributed by atoms with E-state index in [1.165, 1.54) is 6.08 Å². The van der Waals surface area contributed by atoms with Gasteiger partial charge in [0.15, 0.2) is 0 Å². The first-order chi connectivity index (χ1) is 5.81. The zero-order valence-corrected chi connectivity index (χ0v) is 7.24. The molecule has 0 unspecified atom stereocenters. The van der Waals surface area contributed by atoms with E-state index in [0.717, 1.165) is 25.7 Å². The summed E-state index contributed by atoms with van der Waals surface area (Å²) in [5, 5.41) is 17.5. The van der Waals surface area contributed by atoms with Gasteiger partial charge in [-0.1, -0.05) is 12.2 Å². The van der Waals surface area contributed by atoms with Crippen molar-refractivity contribution >= 4 is 0 Å². The lowest BCUT2D eigenvalue weighted by molar-refractivity contribution is 0.157. The van der Waals surface area contributed by atoms with Gasteiger partial charge >= 0.3 is 0 Å². The first-order valence-electron chi connectivity index (χ1n) is 4.15. The van der Waals surface area contributed by atoms with Crippen molar-refractivity contribution in [1.29, 1.82) is 5.26 Å². The molecule has 0 radical (unpaired) electrons. The predicted molar refractivity (Wildman–Crippen MR) is 49.4 cm³/mol. The van der Waals surface area contributed by atoms with E-state index in [0.29, 0.717) is 0 Å². The summed E-state index contributed by atoms with van der Waals surface area (Å²) < 4.78 is 0. The molecule has 0 aliphatic carbocycles. The number of aliphatic hydroxyl groups excluding tert-OH is 1. The smallest absolute Gasteiger partial charge is 0.0908 e. The first-order valence-corrected chi connectivity index (χ1v) is 4.15.